The SMILES string of the molecule is CC1(CN)CCCN1C(=O)CCCc1cccc(Br)c1. The molecule has 0 radical (unpaired) electrons. The van der Waals surface area contributed by atoms with Crippen molar-refractivity contribution in [1.29, 1.82) is 0 Å². The van der Waals surface area contributed by atoms with Gasteiger partial charge in [0.25, 0.3) is 0 Å². The highest BCUT2D eigenvalue weighted by molar-refractivity contribution is 9.10. The van der Waals surface area contributed by atoms with Crippen molar-refractivity contribution in [2.45, 2.75) is 44.6 Å². The van der Waals surface area contributed by atoms with Crippen LogP contribution in [0.5, 0.6) is 0 Å². The number of aryl methyl sites for hydroxylation is 1. The highest BCUT2D eigenvalue weighted by atomic mass is 79.9. The molecule has 1 atom stereocenters. The van der Waals surface area contributed by atoms with Crippen LogP contribution in [0.15, 0.2) is 28.7 Å². The van der Waals surface area contributed by atoms with Crippen LogP contribution in [0.1, 0.15) is 38.2 Å². The fourth-order valence-electron chi connectivity index (χ4n) is 2.93. The van der Waals surface area contributed by atoms with Gasteiger partial charge in [-0.05, 0) is 50.3 Å². The minimum absolute atomic E-state index is 0.118. The summed E-state index contributed by atoms with van der Waals surface area (Å²) in [7, 11) is 0. The number of benzene rings is 1. The Balaban J connectivity index is 1.84. The van der Waals surface area contributed by atoms with Gasteiger partial charge in [0.1, 0.15) is 0 Å². The Hall–Kier alpha value is -0.870. The van der Waals surface area contributed by atoms with Crippen LogP contribution in [0.25, 0.3) is 0 Å². The van der Waals surface area contributed by atoms with Crippen molar-refractivity contribution in [3.05, 3.63) is 34.3 Å². The number of amides is 1. The maximum absolute atomic E-state index is 12.3. The van der Waals surface area contributed by atoms with E-state index >= 15 is 0 Å². The van der Waals surface area contributed by atoms with Gasteiger partial charge >= 0.3 is 0 Å². The minimum Gasteiger partial charge on any atom is -0.336 e. The summed E-state index contributed by atoms with van der Waals surface area (Å²) in [5.74, 6) is 0.255. The summed E-state index contributed by atoms with van der Waals surface area (Å²) in [6.07, 6.45) is 4.55. The lowest BCUT2D eigenvalue weighted by Gasteiger charge is -2.34. The zero-order valence-corrected chi connectivity index (χ0v) is 13.7. The van der Waals surface area contributed by atoms with E-state index in [2.05, 4.69) is 35.0 Å². The Morgan fingerprint density at radius 3 is 3.00 bits per heavy atom. The molecular formula is C16H23BrN2O. The Labute approximate surface area is 129 Å². The molecule has 3 nitrogen and oxygen atoms in total. The second-order valence-electron chi connectivity index (χ2n) is 5.83. The predicted octanol–water partition coefficient (Wildman–Crippen LogP) is 3.11. The number of carbonyl (C=O) groups excluding carboxylic acids is 1. The maximum atomic E-state index is 12.3. The monoisotopic (exact) mass is 338 g/mol. The fourth-order valence-corrected chi connectivity index (χ4v) is 3.38. The smallest absolute Gasteiger partial charge is 0.223 e. The number of carbonyl (C=O) groups is 1. The summed E-state index contributed by atoms with van der Waals surface area (Å²) in [5, 5.41) is 0. The lowest BCUT2D eigenvalue weighted by atomic mass is 9.98. The van der Waals surface area contributed by atoms with Gasteiger partial charge in [-0.25, -0.2) is 0 Å². The number of hydrogen-bond acceptors (Lipinski definition) is 2. The van der Waals surface area contributed by atoms with Crippen molar-refractivity contribution in [3.8, 4) is 0 Å². The average molecular weight is 339 g/mol. The van der Waals surface area contributed by atoms with E-state index in [1.807, 2.05) is 17.0 Å². The molecule has 4 heteroatoms. The molecule has 1 aromatic rings. The molecule has 0 aromatic heterocycles. The summed E-state index contributed by atoms with van der Waals surface area (Å²) < 4.78 is 1.09. The highest BCUT2D eigenvalue weighted by Gasteiger charge is 2.37. The first kappa shape index (κ1) is 15.5. The van der Waals surface area contributed by atoms with Gasteiger partial charge in [0, 0.05) is 24.0 Å². The summed E-state index contributed by atoms with van der Waals surface area (Å²) in [6, 6.07) is 8.28. The van der Waals surface area contributed by atoms with Crippen molar-refractivity contribution in [3.63, 3.8) is 0 Å². The molecule has 1 saturated heterocycles. The lowest BCUT2D eigenvalue weighted by molar-refractivity contribution is -0.134. The van der Waals surface area contributed by atoms with E-state index < -0.39 is 0 Å². The zero-order valence-electron chi connectivity index (χ0n) is 12.1. The van der Waals surface area contributed by atoms with Gasteiger partial charge in [0.2, 0.25) is 5.91 Å². The Morgan fingerprint density at radius 1 is 1.50 bits per heavy atom. The molecule has 2 N–H and O–H groups in total. The van der Waals surface area contributed by atoms with Crippen LogP contribution in [-0.2, 0) is 11.2 Å². The maximum Gasteiger partial charge on any atom is 0.223 e. The summed E-state index contributed by atoms with van der Waals surface area (Å²) in [5.41, 5.74) is 6.99. The largest absolute Gasteiger partial charge is 0.336 e. The third-order valence-corrected chi connectivity index (χ3v) is 4.73. The number of hydrogen-bond donors (Lipinski definition) is 1. The lowest BCUT2D eigenvalue weighted by Crippen LogP contribution is -2.49. The topological polar surface area (TPSA) is 46.3 Å². The van der Waals surface area contributed by atoms with E-state index in [1.165, 1.54) is 5.56 Å². The number of nitrogens with two attached hydrogens (primary N) is 1. The highest BCUT2D eigenvalue weighted by Crippen LogP contribution is 2.28. The van der Waals surface area contributed by atoms with E-state index in [0.29, 0.717) is 13.0 Å². The van der Waals surface area contributed by atoms with Gasteiger partial charge in [0.15, 0.2) is 0 Å². The minimum atomic E-state index is -0.118. The van der Waals surface area contributed by atoms with Crippen LogP contribution in [0, 0.1) is 0 Å². The Bertz CT molecular complexity index is 477. The molecule has 110 valence electrons. The molecule has 1 aliphatic heterocycles. The quantitative estimate of drug-likeness (QED) is 0.896. The summed E-state index contributed by atoms with van der Waals surface area (Å²) >= 11 is 3.47. The van der Waals surface area contributed by atoms with Gasteiger partial charge in [-0.15, -0.1) is 0 Å². The number of nitrogens with zero attached hydrogens (tertiary/aromatic N) is 1. The van der Waals surface area contributed by atoms with E-state index in [1.54, 1.807) is 0 Å². The van der Waals surface area contributed by atoms with Crippen molar-refractivity contribution in [2.24, 2.45) is 5.73 Å². The molecule has 1 aromatic carbocycles. The van der Waals surface area contributed by atoms with Crippen molar-refractivity contribution >= 4 is 21.8 Å². The van der Waals surface area contributed by atoms with Crippen LogP contribution in [0.4, 0.5) is 0 Å². The van der Waals surface area contributed by atoms with Crippen molar-refractivity contribution < 1.29 is 4.79 Å². The van der Waals surface area contributed by atoms with Crippen LogP contribution < -0.4 is 5.73 Å². The molecule has 0 bridgehead atoms. The third-order valence-electron chi connectivity index (χ3n) is 4.23. The molecule has 1 fully saturated rings. The molecule has 1 amide bonds. The molecular weight excluding hydrogens is 316 g/mol. The number of likely N-dealkylation sites (tertiary alicyclic amines) is 1. The van der Waals surface area contributed by atoms with Crippen LogP contribution >= 0.6 is 15.9 Å². The van der Waals surface area contributed by atoms with E-state index in [0.717, 1.165) is 36.7 Å². The average Bonchev–Trinajstić information content (AvgIpc) is 2.81. The predicted molar refractivity (Wildman–Crippen MR) is 85.5 cm³/mol. The molecule has 2 rings (SSSR count). The molecule has 0 saturated carbocycles. The fraction of sp³-hybridized carbons (Fsp3) is 0.562. The van der Waals surface area contributed by atoms with E-state index in [4.69, 9.17) is 5.73 Å². The second kappa shape index (κ2) is 6.72. The molecule has 20 heavy (non-hydrogen) atoms. The van der Waals surface area contributed by atoms with Gasteiger partial charge < -0.3 is 10.6 Å². The first-order valence-corrected chi connectivity index (χ1v) is 8.09. The van der Waals surface area contributed by atoms with Crippen LogP contribution in [0.3, 0.4) is 0 Å². The molecule has 0 aliphatic carbocycles. The molecule has 0 spiro atoms. The summed E-state index contributed by atoms with van der Waals surface area (Å²) in [6.45, 7) is 3.53. The number of halogens is 1. The molecule has 1 heterocycles. The van der Waals surface area contributed by atoms with Gasteiger partial charge in [0.05, 0.1) is 5.54 Å². The van der Waals surface area contributed by atoms with Crippen molar-refractivity contribution in [2.75, 3.05) is 13.1 Å². The second-order valence-corrected chi connectivity index (χ2v) is 6.75. The van der Waals surface area contributed by atoms with Gasteiger partial charge in [-0.3, -0.25) is 4.79 Å². The first-order chi connectivity index (χ1) is 9.55. The summed E-state index contributed by atoms with van der Waals surface area (Å²) in [4.78, 5) is 14.3. The van der Waals surface area contributed by atoms with Gasteiger partial charge in [-0.2, -0.15) is 0 Å². The zero-order chi connectivity index (χ0) is 14.6. The van der Waals surface area contributed by atoms with E-state index in [-0.39, 0.29) is 11.4 Å². The van der Waals surface area contributed by atoms with Gasteiger partial charge in [-0.1, -0.05) is 28.1 Å². The third kappa shape index (κ3) is 3.61. The van der Waals surface area contributed by atoms with Crippen molar-refractivity contribution in [1.82, 2.24) is 4.90 Å². The first-order valence-electron chi connectivity index (χ1n) is 7.30. The molecule has 1 unspecified atom stereocenters. The Kier molecular flexibility index (Phi) is 5.22. The number of rotatable bonds is 5. The standard InChI is InChI=1S/C16H23BrN2O/c1-16(12-18)9-4-10-19(16)15(20)8-3-6-13-5-2-7-14(17)11-13/h2,5,7,11H,3-4,6,8-10,12,18H2,1H3. The molecule has 1 aliphatic rings. The van der Waals surface area contributed by atoms with Crippen LogP contribution in [0.2, 0.25) is 0 Å². The van der Waals surface area contributed by atoms with Crippen LogP contribution in [-0.4, -0.2) is 29.4 Å². The normalized spacial score (nSPS) is 22.2. The Morgan fingerprint density at radius 2 is 2.30 bits per heavy atom. The van der Waals surface area contributed by atoms with E-state index in [9.17, 15) is 4.79 Å².